The van der Waals surface area contributed by atoms with Crippen molar-refractivity contribution in [2.75, 3.05) is 32.2 Å². The molecule has 13 rings (SSSR count). The molecule has 13 aromatic rings. The minimum absolute atomic E-state index is 0.0243. The molecular weight excluding hydrogens is 1650 g/mol. The predicted octanol–water partition coefficient (Wildman–Crippen LogP) is 13.8. The van der Waals surface area contributed by atoms with Gasteiger partial charge >= 0.3 is 48.1 Å². The molecule has 34 heteroatoms. The Hall–Kier alpha value is -14.6. The number of para-hydroxylation sites is 1. The van der Waals surface area contributed by atoms with E-state index in [1.54, 1.807) is 58.0 Å². The van der Waals surface area contributed by atoms with Crippen molar-refractivity contribution in [2.24, 2.45) is 5.92 Å². The third kappa shape index (κ3) is 23.6. The van der Waals surface area contributed by atoms with Gasteiger partial charge in [-0.1, -0.05) is 104 Å². The van der Waals surface area contributed by atoms with Crippen LogP contribution in [0, 0.1) is 12.8 Å². The zero-order valence-corrected chi connectivity index (χ0v) is 67.7. The van der Waals surface area contributed by atoms with E-state index < -0.39 is 93.0 Å². The van der Waals surface area contributed by atoms with E-state index in [9.17, 15) is 85.4 Å². The third-order valence-corrected chi connectivity index (χ3v) is 18.9. The molecule has 0 fully saturated rings. The van der Waals surface area contributed by atoms with E-state index in [0.717, 1.165) is 69.7 Å². The highest BCUT2D eigenvalue weighted by atomic mass is 79.9. The number of aryl methyl sites for hydroxylation is 2. The number of carbonyl (C=O) groups is 8. The first-order chi connectivity index (χ1) is 57.4. The van der Waals surface area contributed by atoms with Gasteiger partial charge in [-0.25, -0.2) is 33.6 Å². The van der Waals surface area contributed by atoms with Crippen LogP contribution in [0.1, 0.15) is 149 Å². The van der Waals surface area contributed by atoms with E-state index in [1.807, 2.05) is 103 Å². The van der Waals surface area contributed by atoms with Crippen LogP contribution in [0.25, 0.3) is 65.4 Å². The van der Waals surface area contributed by atoms with E-state index in [0.29, 0.717) is 50.2 Å². The van der Waals surface area contributed by atoms with Crippen LogP contribution in [-0.2, 0) is 27.2 Å². The second kappa shape index (κ2) is 41.5. The number of nitrogens with one attached hydrogen (secondary N) is 6. The largest absolute Gasteiger partial charge is 0.573 e. The number of esters is 2. The number of unbranched alkanes of at least 4 members (excludes halogenated alkanes) is 3. The number of ether oxygens (including phenoxy) is 3. The zero-order chi connectivity index (χ0) is 88.9. The molecule has 0 aliphatic rings. The Morgan fingerprint density at radius 1 is 0.496 bits per heavy atom. The van der Waals surface area contributed by atoms with Crippen molar-refractivity contribution in [2.45, 2.75) is 92.6 Å². The summed E-state index contributed by atoms with van der Waals surface area (Å²) in [5.74, 6) is -8.98. The molecule has 0 bridgehead atoms. The second-order valence-electron chi connectivity index (χ2n) is 27.3. The number of aromatic carboxylic acids is 4. The first-order valence-corrected chi connectivity index (χ1v) is 38.0. The molecule has 1 amide bonds. The maximum atomic E-state index is 13.0. The first kappa shape index (κ1) is 91.9. The Bertz CT molecular complexity index is 6490. The molecule has 0 aliphatic heterocycles. The molecule has 6 aromatic heterocycles. The average Bonchev–Trinajstić information content (AvgIpc) is 0.774. The van der Waals surface area contributed by atoms with Gasteiger partial charge in [-0.05, 0) is 147 Å². The number of pyridine rings is 6. The van der Waals surface area contributed by atoms with Crippen molar-refractivity contribution in [3.05, 3.63) is 298 Å². The van der Waals surface area contributed by atoms with Crippen molar-refractivity contribution in [1.82, 2.24) is 34.8 Å². The number of benzene rings is 7. The quantitative estimate of drug-likeness (QED) is 0.0235. The summed E-state index contributed by atoms with van der Waals surface area (Å²) in [6, 6.07) is 37.4. The number of amides is 1. The lowest BCUT2D eigenvalue weighted by Gasteiger charge is -2.19. The summed E-state index contributed by atoms with van der Waals surface area (Å²) in [6.07, 6.45) is 8.47. The number of fused-ring (bicyclic) bond motifs is 6. The van der Waals surface area contributed by atoms with Gasteiger partial charge in [0.1, 0.15) is 45.2 Å². The molecule has 6 heterocycles. The van der Waals surface area contributed by atoms with Gasteiger partial charge in [0.25, 0.3) is 5.91 Å². The minimum atomic E-state index is -4.86. The van der Waals surface area contributed by atoms with E-state index in [2.05, 4.69) is 57.8 Å². The summed E-state index contributed by atoms with van der Waals surface area (Å²) in [6.45, 7) is 11.5. The smallest absolute Gasteiger partial charge is 0.480 e. The van der Waals surface area contributed by atoms with Gasteiger partial charge in [0, 0.05) is 111 Å². The molecule has 630 valence electrons. The number of aromatic amines is 5. The average molecular weight is 1730 g/mol. The van der Waals surface area contributed by atoms with E-state index >= 15 is 0 Å². The number of aliphatic carboxylic acids is 1. The number of rotatable bonds is 21. The molecule has 0 aliphatic carbocycles. The molecule has 7 aromatic carbocycles. The fourth-order valence-corrected chi connectivity index (χ4v) is 12.5. The fraction of sp³-hybridized carbons (Fsp3) is 0.218. The number of carboxylic acids is 5. The van der Waals surface area contributed by atoms with Crippen LogP contribution >= 0.6 is 15.9 Å². The summed E-state index contributed by atoms with van der Waals surface area (Å²) in [4.78, 5) is 179. The van der Waals surface area contributed by atoms with Gasteiger partial charge in [0.15, 0.2) is 0 Å². The molecule has 1 unspecified atom stereocenters. The summed E-state index contributed by atoms with van der Waals surface area (Å²) < 4.78 is 52.4. The van der Waals surface area contributed by atoms with Crippen LogP contribution in [0.5, 0.6) is 5.75 Å². The van der Waals surface area contributed by atoms with Crippen molar-refractivity contribution >= 4 is 135 Å². The first-order valence-electron chi connectivity index (χ1n) is 37.2. The topological polar surface area (TPSA) is 467 Å². The van der Waals surface area contributed by atoms with Gasteiger partial charge in [-0.3, -0.25) is 33.6 Å². The number of carbonyl (C=O) groups excluding carboxylic acids is 3. The van der Waals surface area contributed by atoms with Crippen LogP contribution in [0.15, 0.2) is 210 Å². The number of hydrogen-bond donors (Lipinski definition) is 11. The Kier molecular flexibility index (Phi) is 31.5. The normalized spacial score (nSPS) is 11.1. The minimum Gasteiger partial charge on any atom is -0.480 e. The second-order valence-corrected chi connectivity index (χ2v) is 28.2. The van der Waals surface area contributed by atoms with Crippen LogP contribution in [0.3, 0.4) is 0 Å². The molecule has 0 spiro atoms. The number of alkyl halides is 3. The maximum Gasteiger partial charge on any atom is 0.573 e. The van der Waals surface area contributed by atoms with Crippen molar-refractivity contribution in [1.29, 1.82) is 0 Å². The lowest BCUT2D eigenvalue weighted by Crippen LogP contribution is -2.45. The van der Waals surface area contributed by atoms with Gasteiger partial charge in [-0.15, -0.1) is 13.2 Å². The number of nitrogens with zero attached hydrogens (tertiary/aromatic N) is 2. The molecule has 11 N–H and O–H groups in total. The molecule has 1 atom stereocenters. The lowest BCUT2D eigenvalue weighted by atomic mass is 10.0. The number of aromatic nitrogens is 6. The van der Waals surface area contributed by atoms with Gasteiger partial charge in [0.05, 0.1) is 40.7 Å². The molecule has 30 nitrogen and oxygen atoms in total. The molecule has 0 saturated carbocycles. The highest BCUT2D eigenvalue weighted by molar-refractivity contribution is 9.10. The SMILES string of the molecule is CC(C)C(NC(=O)c1cn(Cc2ccccc2)c2ccc(Br)cc2c1=O)C(=O)O.CCCCCCc1ccc2[nH]cc(C(=O)OCC)c(=O)c2c1.CCOC(=O)c1c[nH]c2ccc(OC(F)(F)F)cc2c1=O.CN(C)c1ccc2[nH]cc(C(=O)O)c(=O)c2c1.Cc1cccc2c(=O)c(C(=O)O)c[nH]c12.O=C(O)c1ccc2c(=O)c(C(=O)O)c[nH]c2c1. The van der Waals surface area contributed by atoms with Crippen molar-refractivity contribution in [3.8, 4) is 5.75 Å². The van der Waals surface area contributed by atoms with E-state index in [-0.39, 0.29) is 79.8 Å². The number of halogens is 4. The Labute approximate surface area is 692 Å². The summed E-state index contributed by atoms with van der Waals surface area (Å²) in [5.41, 5.74) is 3.15. The molecule has 121 heavy (non-hydrogen) atoms. The van der Waals surface area contributed by atoms with E-state index in [4.69, 9.17) is 29.9 Å². The third-order valence-electron chi connectivity index (χ3n) is 18.4. The summed E-state index contributed by atoms with van der Waals surface area (Å²) in [7, 11) is 3.72. The summed E-state index contributed by atoms with van der Waals surface area (Å²) in [5, 5.41) is 48.8. The number of hydrogen-bond acceptors (Lipinski definition) is 18. The number of H-pyrrole nitrogens is 5. The van der Waals surface area contributed by atoms with Gasteiger partial charge in [0.2, 0.25) is 32.6 Å². The molecule has 0 saturated heterocycles. The molecule has 0 radical (unpaired) electrons. The standard InChI is InChI=1S/C22H21BrN2O4.C18H23NO3.C13H10F3NO4.C12H12N2O3.C11H7NO5.C11H9NO3/c1-13(2)19(22(28)29)24-21(27)17-12-25(11-14-6-4-3-5-7-14)18-9-8-15(23)10-16(18)20(17)26;1-3-5-6-7-8-13-9-10-16-14(11-13)17(20)15(12-19-16)18(21)22-4-2;1-2-20-12(19)9-6-17-10-4-3-7(21-13(14,15)16)5-8(10)11(9)18;1-14(2)7-3-4-10-8(5-7)11(15)9(6-13-10)12(16)17;13-9-6-2-1-5(10(14)15)3-8(6)12-4-7(9)11(16)17;1-6-3-2-4-7-9(6)12-5-8(10(7)13)11(14)15/h3-10,12-13,19H,11H2,1-2H3,(H,24,27)(H,28,29);9-12H,3-8H2,1-2H3,(H,19,20);3-6H,2H2,1H3,(H,17,18);3-6H,1-2H3,(H,13,15)(H,16,17);1-4H,(H,12,13)(H,14,15)(H,16,17);2-5H,1H3,(H,12,13)(H,14,15). The van der Waals surface area contributed by atoms with Crippen molar-refractivity contribution < 1.29 is 91.3 Å². The lowest BCUT2D eigenvalue weighted by molar-refractivity contribution is -0.274. The van der Waals surface area contributed by atoms with Crippen LogP contribution in [-0.4, -0.2) is 142 Å². The van der Waals surface area contributed by atoms with Crippen LogP contribution < -0.4 is 47.5 Å². The predicted molar refractivity (Wildman–Crippen MR) is 451 cm³/mol. The zero-order valence-electron chi connectivity index (χ0n) is 66.1. The highest BCUT2D eigenvalue weighted by Crippen LogP contribution is 2.27. The van der Waals surface area contributed by atoms with Crippen LogP contribution in [0.2, 0.25) is 0 Å². The summed E-state index contributed by atoms with van der Waals surface area (Å²) >= 11 is 3.37. The Morgan fingerprint density at radius 2 is 1.01 bits per heavy atom. The number of anilines is 1. The van der Waals surface area contributed by atoms with Gasteiger partial charge in [-0.2, -0.15) is 0 Å². The fourth-order valence-electron chi connectivity index (χ4n) is 12.2. The monoisotopic (exact) mass is 1730 g/mol. The Balaban J connectivity index is 0.000000183. The van der Waals surface area contributed by atoms with E-state index in [1.165, 1.54) is 68.3 Å². The number of carboxylic acid groups (broad SMARTS) is 5. The highest BCUT2D eigenvalue weighted by Gasteiger charge is 2.32. The maximum absolute atomic E-state index is 13.0. The Morgan fingerprint density at radius 3 is 1.55 bits per heavy atom. The van der Waals surface area contributed by atoms with Crippen molar-refractivity contribution in [3.63, 3.8) is 0 Å². The van der Waals surface area contributed by atoms with Crippen LogP contribution in [0.4, 0.5) is 18.9 Å². The van der Waals surface area contributed by atoms with Gasteiger partial charge < -0.3 is 79.4 Å². The molecular formula is C87H82BrF3N8O22.